The molecule has 2 aliphatic heterocycles. The fourth-order valence-corrected chi connectivity index (χ4v) is 5.01. The van der Waals surface area contributed by atoms with Gasteiger partial charge in [-0.25, -0.2) is 4.79 Å². The lowest BCUT2D eigenvalue weighted by molar-refractivity contribution is -0.198. The highest BCUT2D eigenvalue weighted by molar-refractivity contribution is 6.01. The summed E-state index contributed by atoms with van der Waals surface area (Å²) in [6.45, 7) is 3.81. The van der Waals surface area contributed by atoms with Crippen LogP contribution in [0.3, 0.4) is 0 Å². The molecule has 14 heteroatoms. The van der Waals surface area contributed by atoms with Crippen molar-refractivity contribution in [1.29, 1.82) is 0 Å². The fraction of sp³-hybridized carbons (Fsp3) is 0.472. The van der Waals surface area contributed by atoms with E-state index in [1.165, 1.54) is 0 Å². The largest absolute Gasteiger partial charge is 0.379 e. The Kier molecular flexibility index (Phi) is 16.5. The van der Waals surface area contributed by atoms with Crippen LogP contribution in [0.2, 0.25) is 0 Å². The number of benzene rings is 2. The lowest BCUT2D eigenvalue weighted by atomic mass is 10.0. The second-order valence-electron chi connectivity index (χ2n) is 11.3. The maximum absolute atomic E-state index is 13.3. The van der Waals surface area contributed by atoms with Gasteiger partial charge in [0, 0.05) is 32.2 Å². The van der Waals surface area contributed by atoms with E-state index in [0.717, 1.165) is 22.4 Å². The Morgan fingerprint density at radius 3 is 1.78 bits per heavy atom. The minimum absolute atomic E-state index is 0.0498. The average molecular weight is 696 g/mol. The van der Waals surface area contributed by atoms with Crippen LogP contribution in [-0.4, -0.2) is 107 Å². The van der Waals surface area contributed by atoms with Crippen molar-refractivity contribution >= 4 is 47.4 Å². The number of hydroxylamine groups is 2. The van der Waals surface area contributed by atoms with Crippen LogP contribution in [0.1, 0.15) is 48.8 Å². The molecule has 0 aliphatic carbocycles. The van der Waals surface area contributed by atoms with Gasteiger partial charge in [-0.2, -0.15) is 0 Å². The van der Waals surface area contributed by atoms with Crippen LogP contribution in [0.15, 0.2) is 48.5 Å². The van der Waals surface area contributed by atoms with E-state index < -0.39 is 17.8 Å². The molecule has 270 valence electrons. The van der Waals surface area contributed by atoms with Gasteiger partial charge in [0.2, 0.25) is 11.8 Å². The van der Waals surface area contributed by atoms with Crippen LogP contribution in [0.25, 0.3) is 12.2 Å². The zero-order chi connectivity index (χ0) is 35.4. The molecule has 2 aromatic rings. The van der Waals surface area contributed by atoms with Crippen molar-refractivity contribution in [3.8, 4) is 0 Å². The molecule has 0 atom stereocenters. The Morgan fingerprint density at radius 1 is 0.620 bits per heavy atom. The standard InChI is InChI=1S/C36H45N3O11/c40-32(37-16-13-33(41)38-27-30-7-2-1-5-28(30)9-10-29-6-3-4-8-31(29)38)14-17-45-19-21-47-23-25-49-26-24-48-22-20-46-18-15-36(44)50-39-34(42)11-12-35(39)43/h1-10H,11-27H2,(H,37,40). The van der Waals surface area contributed by atoms with E-state index in [0.29, 0.717) is 57.9 Å². The summed E-state index contributed by atoms with van der Waals surface area (Å²) in [5.41, 5.74) is 3.95. The van der Waals surface area contributed by atoms with Crippen LogP contribution in [0.5, 0.6) is 0 Å². The van der Waals surface area contributed by atoms with E-state index in [4.69, 9.17) is 28.5 Å². The van der Waals surface area contributed by atoms with E-state index in [2.05, 4.69) is 11.4 Å². The Hall–Kier alpha value is -4.47. The normalized spacial score (nSPS) is 13.8. The molecule has 1 N–H and O–H groups in total. The zero-order valence-corrected chi connectivity index (χ0v) is 28.2. The van der Waals surface area contributed by atoms with Gasteiger partial charge in [-0.3, -0.25) is 19.2 Å². The number of carbonyl (C=O) groups excluding carboxylic acids is 5. The van der Waals surface area contributed by atoms with Crippen molar-refractivity contribution < 1.29 is 52.5 Å². The summed E-state index contributed by atoms with van der Waals surface area (Å²) in [6, 6.07) is 15.8. The molecule has 14 nitrogen and oxygen atoms in total. The van der Waals surface area contributed by atoms with Crippen LogP contribution in [-0.2, 0) is 59.0 Å². The van der Waals surface area contributed by atoms with Gasteiger partial charge in [0.05, 0.1) is 84.7 Å². The van der Waals surface area contributed by atoms with Gasteiger partial charge >= 0.3 is 5.97 Å². The number of ether oxygens (including phenoxy) is 5. The van der Waals surface area contributed by atoms with Gasteiger partial charge in [-0.05, 0) is 22.8 Å². The zero-order valence-electron chi connectivity index (χ0n) is 28.2. The highest BCUT2D eigenvalue weighted by atomic mass is 16.7. The molecule has 2 aromatic carbocycles. The molecule has 0 unspecified atom stereocenters. The molecule has 0 aromatic heterocycles. The van der Waals surface area contributed by atoms with E-state index in [1.54, 1.807) is 4.90 Å². The number of nitrogens with zero attached hydrogens (tertiary/aromatic N) is 2. The van der Waals surface area contributed by atoms with Gasteiger partial charge in [0.1, 0.15) is 0 Å². The maximum atomic E-state index is 13.3. The third-order valence-electron chi connectivity index (χ3n) is 7.63. The molecule has 50 heavy (non-hydrogen) atoms. The second-order valence-corrected chi connectivity index (χ2v) is 11.3. The monoisotopic (exact) mass is 695 g/mol. The second kappa shape index (κ2) is 21.6. The van der Waals surface area contributed by atoms with Crippen molar-refractivity contribution in [3.63, 3.8) is 0 Å². The molecule has 2 aliphatic rings. The minimum atomic E-state index is -0.711. The summed E-state index contributed by atoms with van der Waals surface area (Å²) in [7, 11) is 0. The number of hydrogen-bond acceptors (Lipinski definition) is 11. The first-order valence-corrected chi connectivity index (χ1v) is 16.8. The SMILES string of the molecule is O=C(CCOCCOCCOCCOCCOCCC(=O)ON1C(=O)CCC1=O)NCCC(=O)N1Cc2ccccc2C=Cc2ccccc21. The summed E-state index contributed by atoms with van der Waals surface area (Å²) >= 11 is 0. The highest BCUT2D eigenvalue weighted by Crippen LogP contribution is 2.29. The molecule has 4 amide bonds. The van der Waals surface area contributed by atoms with E-state index >= 15 is 0 Å². The number of carbonyl (C=O) groups is 5. The number of anilines is 1. The quantitative estimate of drug-likeness (QED) is 0.143. The molecule has 2 heterocycles. The number of nitrogens with one attached hydrogen (secondary N) is 1. The van der Waals surface area contributed by atoms with Gasteiger partial charge < -0.3 is 38.7 Å². The van der Waals surface area contributed by atoms with Crippen LogP contribution >= 0.6 is 0 Å². The summed E-state index contributed by atoms with van der Waals surface area (Å²) in [6.07, 6.45) is 4.47. The van der Waals surface area contributed by atoms with Gasteiger partial charge in [-0.1, -0.05) is 54.6 Å². The van der Waals surface area contributed by atoms with Crippen LogP contribution in [0.4, 0.5) is 5.69 Å². The minimum Gasteiger partial charge on any atom is -0.379 e. The Bertz CT molecular complexity index is 1450. The first-order valence-electron chi connectivity index (χ1n) is 16.8. The van der Waals surface area contributed by atoms with Gasteiger partial charge in [0.25, 0.3) is 11.8 Å². The molecule has 1 saturated heterocycles. The van der Waals surface area contributed by atoms with Gasteiger partial charge in [-0.15, -0.1) is 5.06 Å². The lowest BCUT2D eigenvalue weighted by Crippen LogP contribution is -2.35. The molecule has 1 fully saturated rings. The number of hydrogen-bond donors (Lipinski definition) is 1. The number of fused-ring (bicyclic) bond motifs is 2. The van der Waals surface area contributed by atoms with E-state index in [-0.39, 0.29) is 70.3 Å². The Balaban J connectivity index is 0.928. The summed E-state index contributed by atoms with van der Waals surface area (Å²) in [4.78, 5) is 66.6. The Labute approximate surface area is 291 Å². The summed E-state index contributed by atoms with van der Waals surface area (Å²) < 4.78 is 27.0. The molecule has 0 saturated carbocycles. The van der Waals surface area contributed by atoms with Crippen molar-refractivity contribution in [2.45, 2.75) is 38.6 Å². The predicted octanol–water partition coefficient (Wildman–Crippen LogP) is 2.68. The van der Waals surface area contributed by atoms with Crippen molar-refractivity contribution in [2.24, 2.45) is 0 Å². The highest BCUT2D eigenvalue weighted by Gasteiger charge is 2.32. The van der Waals surface area contributed by atoms with Crippen molar-refractivity contribution in [1.82, 2.24) is 10.4 Å². The van der Waals surface area contributed by atoms with E-state index in [9.17, 15) is 24.0 Å². The molecular formula is C36H45N3O11. The van der Waals surface area contributed by atoms with E-state index in [1.807, 2.05) is 54.6 Å². The third-order valence-corrected chi connectivity index (χ3v) is 7.63. The van der Waals surface area contributed by atoms with Gasteiger partial charge in [0.15, 0.2) is 0 Å². The molecule has 0 radical (unpaired) electrons. The number of imide groups is 1. The number of para-hydroxylation sites is 1. The summed E-state index contributed by atoms with van der Waals surface area (Å²) in [5.74, 6) is -2.00. The Morgan fingerprint density at radius 2 is 1.14 bits per heavy atom. The molecular weight excluding hydrogens is 650 g/mol. The molecule has 0 spiro atoms. The lowest BCUT2D eigenvalue weighted by Gasteiger charge is -2.27. The smallest absolute Gasteiger partial charge is 0.335 e. The predicted molar refractivity (Wildman–Crippen MR) is 181 cm³/mol. The van der Waals surface area contributed by atoms with Crippen LogP contribution < -0.4 is 10.2 Å². The average Bonchev–Trinajstić information content (AvgIpc) is 3.42. The summed E-state index contributed by atoms with van der Waals surface area (Å²) in [5, 5.41) is 3.32. The number of rotatable bonds is 22. The van der Waals surface area contributed by atoms with Crippen LogP contribution in [0, 0.1) is 0 Å². The molecule has 0 bridgehead atoms. The van der Waals surface area contributed by atoms with Crippen molar-refractivity contribution in [3.05, 3.63) is 65.2 Å². The number of amides is 4. The fourth-order valence-electron chi connectivity index (χ4n) is 5.01. The van der Waals surface area contributed by atoms with Crippen molar-refractivity contribution in [2.75, 3.05) is 77.5 Å². The maximum Gasteiger partial charge on any atom is 0.335 e. The first-order chi connectivity index (χ1) is 24.4. The topological polar surface area (TPSA) is 159 Å². The molecule has 4 rings (SSSR count). The first kappa shape index (κ1) is 38.3. The third kappa shape index (κ3) is 13.1.